The van der Waals surface area contributed by atoms with E-state index < -0.39 is 12.1 Å². The van der Waals surface area contributed by atoms with Gasteiger partial charge in [-0.3, -0.25) is 9.59 Å². The van der Waals surface area contributed by atoms with Gasteiger partial charge in [0.05, 0.1) is 13.2 Å². The van der Waals surface area contributed by atoms with Gasteiger partial charge in [0.2, 0.25) is 5.91 Å². The zero-order valence-electron chi connectivity index (χ0n) is 16.7. The number of benzene rings is 2. The molecule has 1 aliphatic heterocycles. The van der Waals surface area contributed by atoms with E-state index in [0.717, 1.165) is 22.4 Å². The van der Waals surface area contributed by atoms with Crippen LogP contribution in [0.15, 0.2) is 48.5 Å². The van der Waals surface area contributed by atoms with Crippen molar-refractivity contribution in [3.05, 3.63) is 65.2 Å². The van der Waals surface area contributed by atoms with Crippen molar-refractivity contribution in [2.24, 2.45) is 0 Å². The number of amides is 2. The number of methoxy groups -OCH3 is 1. The van der Waals surface area contributed by atoms with Gasteiger partial charge in [0.25, 0.3) is 5.91 Å². The van der Waals surface area contributed by atoms with Gasteiger partial charge in [0.1, 0.15) is 12.4 Å². The van der Waals surface area contributed by atoms with Crippen LogP contribution in [0.1, 0.15) is 22.7 Å². The number of carbonyl (C=O) groups is 2. The van der Waals surface area contributed by atoms with E-state index in [1.807, 2.05) is 55.5 Å². The van der Waals surface area contributed by atoms with Crippen LogP contribution in [0.4, 0.5) is 0 Å². The van der Waals surface area contributed by atoms with E-state index >= 15 is 0 Å². The van der Waals surface area contributed by atoms with Gasteiger partial charge < -0.3 is 19.3 Å². The van der Waals surface area contributed by atoms with Gasteiger partial charge in [0.15, 0.2) is 6.10 Å². The van der Waals surface area contributed by atoms with Crippen LogP contribution in [0.3, 0.4) is 0 Å². The van der Waals surface area contributed by atoms with E-state index in [2.05, 4.69) is 0 Å². The number of aryl methyl sites for hydroxylation is 1. The first kappa shape index (κ1) is 19.9. The van der Waals surface area contributed by atoms with E-state index in [1.54, 1.807) is 31.0 Å². The lowest BCUT2D eigenvalue weighted by molar-refractivity contribution is -0.167. The highest BCUT2D eigenvalue weighted by molar-refractivity contribution is 5.86. The van der Waals surface area contributed by atoms with Crippen molar-refractivity contribution in [1.29, 1.82) is 0 Å². The summed E-state index contributed by atoms with van der Waals surface area (Å²) in [5.74, 6) is 0.492. The van der Waals surface area contributed by atoms with Crippen LogP contribution in [0.5, 0.6) is 5.75 Å². The fourth-order valence-electron chi connectivity index (χ4n) is 3.51. The summed E-state index contributed by atoms with van der Waals surface area (Å²) in [4.78, 5) is 28.7. The zero-order chi connectivity index (χ0) is 20.3. The van der Waals surface area contributed by atoms with Gasteiger partial charge in [0, 0.05) is 20.6 Å². The van der Waals surface area contributed by atoms with Crippen LogP contribution >= 0.6 is 0 Å². The van der Waals surface area contributed by atoms with Crippen molar-refractivity contribution in [3.8, 4) is 5.75 Å². The molecule has 2 aromatic carbocycles. The molecule has 3 rings (SSSR count). The van der Waals surface area contributed by atoms with Crippen LogP contribution in [0.2, 0.25) is 0 Å². The zero-order valence-corrected chi connectivity index (χ0v) is 16.7. The highest BCUT2D eigenvalue weighted by Crippen LogP contribution is 2.32. The third-order valence-corrected chi connectivity index (χ3v) is 5.19. The number of ether oxygens (including phenoxy) is 2. The number of hydrogen-bond donors (Lipinski definition) is 0. The molecule has 0 unspecified atom stereocenters. The quantitative estimate of drug-likeness (QED) is 0.798. The number of carbonyl (C=O) groups excluding carboxylic acids is 2. The lowest BCUT2D eigenvalue weighted by atomic mass is 9.93. The van der Waals surface area contributed by atoms with Crippen molar-refractivity contribution >= 4 is 11.8 Å². The number of likely N-dealkylation sites (N-methyl/N-ethyl adjacent to an activating group) is 2. The Bertz CT molecular complexity index is 850. The molecule has 0 aromatic heterocycles. The minimum Gasteiger partial charge on any atom is -0.497 e. The van der Waals surface area contributed by atoms with Crippen LogP contribution in [0.25, 0.3) is 0 Å². The Kier molecular flexibility index (Phi) is 5.99. The third-order valence-electron chi connectivity index (χ3n) is 5.19. The summed E-state index contributed by atoms with van der Waals surface area (Å²) >= 11 is 0. The summed E-state index contributed by atoms with van der Waals surface area (Å²) < 4.78 is 10.9. The van der Waals surface area contributed by atoms with Crippen LogP contribution in [-0.4, -0.2) is 55.5 Å². The molecule has 0 bridgehead atoms. The lowest BCUT2D eigenvalue weighted by Crippen LogP contribution is -2.53. The Labute approximate surface area is 165 Å². The first-order valence-electron chi connectivity index (χ1n) is 9.23. The van der Waals surface area contributed by atoms with Crippen LogP contribution in [0, 0.1) is 6.92 Å². The maximum Gasteiger partial charge on any atom is 0.254 e. The Morgan fingerprint density at radius 3 is 2.54 bits per heavy atom. The predicted molar refractivity (Wildman–Crippen MR) is 106 cm³/mol. The molecule has 1 aliphatic rings. The molecular weight excluding hydrogens is 356 g/mol. The molecular formula is C22H26N2O4. The maximum absolute atomic E-state index is 13.2. The van der Waals surface area contributed by atoms with Crippen molar-refractivity contribution in [2.75, 3.05) is 27.8 Å². The van der Waals surface area contributed by atoms with E-state index in [-0.39, 0.29) is 18.4 Å². The maximum atomic E-state index is 13.2. The minimum absolute atomic E-state index is 0.0916. The molecule has 0 radical (unpaired) electrons. The molecule has 2 aromatic rings. The molecule has 0 N–H and O–H groups in total. The average molecular weight is 382 g/mol. The van der Waals surface area contributed by atoms with Crippen LogP contribution in [-0.2, 0) is 20.9 Å². The predicted octanol–water partition coefficient (Wildman–Crippen LogP) is 2.56. The van der Waals surface area contributed by atoms with Gasteiger partial charge in [-0.1, -0.05) is 36.4 Å². The summed E-state index contributed by atoms with van der Waals surface area (Å²) in [7, 11) is 5.10. The Morgan fingerprint density at radius 2 is 1.89 bits per heavy atom. The van der Waals surface area contributed by atoms with E-state index in [4.69, 9.17) is 9.47 Å². The first-order chi connectivity index (χ1) is 13.4. The number of rotatable bonds is 5. The van der Waals surface area contributed by atoms with Crippen molar-refractivity contribution in [2.45, 2.75) is 25.6 Å². The molecule has 2 amide bonds. The van der Waals surface area contributed by atoms with Gasteiger partial charge in [-0.25, -0.2) is 0 Å². The van der Waals surface area contributed by atoms with Crippen LogP contribution < -0.4 is 4.74 Å². The second-order valence-corrected chi connectivity index (χ2v) is 7.08. The number of hydrogen-bond acceptors (Lipinski definition) is 4. The molecule has 148 valence electrons. The second kappa shape index (κ2) is 8.44. The van der Waals surface area contributed by atoms with Crippen molar-refractivity contribution in [1.82, 2.24) is 9.80 Å². The van der Waals surface area contributed by atoms with E-state index in [1.165, 1.54) is 0 Å². The second-order valence-electron chi connectivity index (χ2n) is 7.08. The van der Waals surface area contributed by atoms with Crippen molar-refractivity contribution < 1.29 is 19.1 Å². The Morgan fingerprint density at radius 1 is 1.21 bits per heavy atom. The van der Waals surface area contributed by atoms with Gasteiger partial charge in [-0.15, -0.1) is 0 Å². The molecule has 2 atom stereocenters. The molecule has 1 saturated heterocycles. The largest absolute Gasteiger partial charge is 0.497 e. The standard InChI is InChI=1S/C22H26N2O4/c1-15-7-5-6-8-18(15)20-21(28-14-19(25)24(20)3)22(26)23(2)13-16-9-11-17(27-4)12-10-16/h5-12,20-21H,13-14H2,1-4H3/t20-,21+/m1/s1. The lowest BCUT2D eigenvalue weighted by Gasteiger charge is -2.40. The number of nitrogens with zero attached hydrogens (tertiary/aromatic N) is 2. The topological polar surface area (TPSA) is 59.1 Å². The normalized spacial score (nSPS) is 19.4. The molecule has 0 spiro atoms. The van der Waals surface area contributed by atoms with E-state index in [9.17, 15) is 9.59 Å². The molecule has 28 heavy (non-hydrogen) atoms. The molecule has 1 fully saturated rings. The average Bonchev–Trinajstić information content (AvgIpc) is 2.70. The highest BCUT2D eigenvalue weighted by atomic mass is 16.5. The summed E-state index contributed by atoms with van der Waals surface area (Å²) in [6.07, 6.45) is -0.743. The van der Waals surface area contributed by atoms with Crippen molar-refractivity contribution in [3.63, 3.8) is 0 Å². The first-order valence-corrected chi connectivity index (χ1v) is 9.23. The van der Waals surface area contributed by atoms with Gasteiger partial charge in [-0.2, -0.15) is 0 Å². The summed E-state index contributed by atoms with van der Waals surface area (Å²) in [5, 5.41) is 0. The third kappa shape index (κ3) is 4.02. The SMILES string of the molecule is COc1ccc(CN(C)C(=O)[C@H]2OCC(=O)N(C)[C@@H]2c2ccccc2C)cc1. The van der Waals surface area contributed by atoms with Gasteiger partial charge >= 0.3 is 0 Å². The van der Waals surface area contributed by atoms with Gasteiger partial charge in [-0.05, 0) is 35.7 Å². The Balaban J connectivity index is 1.82. The Hall–Kier alpha value is -2.86. The number of morpholine rings is 1. The fourth-order valence-corrected chi connectivity index (χ4v) is 3.51. The minimum atomic E-state index is -0.743. The fraction of sp³-hybridized carbons (Fsp3) is 0.364. The molecule has 0 saturated carbocycles. The molecule has 6 nitrogen and oxygen atoms in total. The molecule has 1 heterocycles. The smallest absolute Gasteiger partial charge is 0.254 e. The highest BCUT2D eigenvalue weighted by Gasteiger charge is 2.41. The summed E-state index contributed by atoms with van der Waals surface area (Å²) in [6, 6.07) is 14.9. The summed E-state index contributed by atoms with van der Waals surface area (Å²) in [6.45, 7) is 2.33. The molecule has 0 aliphatic carbocycles. The molecule has 6 heteroatoms. The monoisotopic (exact) mass is 382 g/mol. The van der Waals surface area contributed by atoms with E-state index in [0.29, 0.717) is 6.54 Å². The summed E-state index contributed by atoms with van der Waals surface area (Å²) in [5.41, 5.74) is 2.94.